The van der Waals surface area contributed by atoms with Crippen molar-refractivity contribution in [2.45, 2.75) is 26.3 Å². The van der Waals surface area contributed by atoms with Gasteiger partial charge in [-0.15, -0.1) is 25.6 Å². The number of rotatable bonds is 7. The van der Waals surface area contributed by atoms with Crippen molar-refractivity contribution in [3.63, 3.8) is 0 Å². The molecule has 0 aliphatic carbocycles. The highest BCUT2D eigenvalue weighted by Crippen LogP contribution is 2.34. The van der Waals surface area contributed by atoms with Gasteiger partial charge in [0, 0.05) is 31.4 Å². The number of amides is 1. The van der Waals surface area contributed by atoms with Crippen LogP contribution in [0.15, 0.2) is 30.5 Å². The van der Waals surface area contributed by atoms with Crippen LogP contribution in [-0.2, 0) is 0 Å². The van der Waals surface area contributed by atoms with Crippen LogP contribution >= 0.6 is 23.7 Å². The van der Waals surface area contributed by atoms with Gasteiger partial charge in [-0.25, -0.2) is 4.98 Å². The largest absolute Gasteiger partial charge is 0.573 e. The fraction of sp³-hybridized carbons (Fsp3) is 0.421. The first kappa shape index (κ1) is 24.9. The summed E-state index contributed by atoms with van der Waals surface area (Å²) in [5, 5.41) is 4.62. The molecule has 0 bridgehead atoms. The van der Waals surface area contributed by atoms with Crippen LogP contribution < -0.4 is 9.64 Å². The van der Waals surface area contributed by atoms with E-state index in [2.05, 4.69) is 14.8 Å². The zero-order chi connectivity index (χ0) is 22.1. The lowest BCUT2D eigenvalue weighted by Crippen LogP contribution is -2.38. The Labute approximate surface area is 187 Å². The van der Waals surface area contributed by atoms with E-state index in [1.54, 1.807) is 16.9 Å². The molecular formula is C19H23ClF3N5O2S. The molecule has 170 valence electrons. The molecule has 7 nitrogen and oxygen atoms in total. The van der Waals surface area contributed by atoms with E-state index < -0.39 is 6.36 Å². The fourth-order valence-electron chi connectivity index (χ4n) is 2.82. The second-order valence-corrected chi connectivity index (χ2v) is 8.20. The molecule has 0 radical (unpaired) electrons. The third-order valence-electron chi connectivity index (χ3n) is 4.21. The third-order valence-corrected chi connectivity index (χ3v) is 5.25. The van der Waals surface area contributed by atoms with Crippen LogP contribution in [0.2, 0.25) is 0 Å². The quantitative estimate of drug-likeness (QED) is 0.497. The van der Waals surface area contributed by atoms with Crippen molar-refractivity contribution in [2.75, 3.05) is 32.1 Å². The second kappa shape index (κ2) is 9.84. The van der Waals surface area contributed by atoms with Crippen molar-refractivity contribution in [3.05, 3.63) is 36.2 Å². The molecule has 0 unspecified atom stereocenters. The lowest BCUT2D eigenvalue weighted by atomic mass is 10.3. The number of fused-ring (bicyclic) bond motifs is 1. The fourth-order valence-corrected chi connectivity index (χ4v) is 3.84. The molecule has 0 spiro atoms. The average Bonchev–Trinajstić information content (AvgIpc) is 3.26. The number of anilines is 1. The molecule has 3 rings (SSSR count). The number of benzene rings is 1. The molecule has 0 saturated carbocycles. The number of hydrogen-bond acceptors (Lipinski definition) is 6. The predicted molar refractivity (Wildman–Crippen MR) is 116 cm³/mol. The van der Waals surface area contributed by atoms with Crippen molar-refractivity contribution in [3.8, 4) is 5.75 Å². The summed E-state index contributed by atoms with van der Waals surface area (Å²) in [5.41, 5.74) is 0.911. The van der Waals surface area contributed by atoms with E-state index in [0.717, 1.165) is 11.3 Å². The molecule has 0 fully saturated rings. The number of thiazole rings is 1. The Morgan fingerprint density at radius 3 is 2.55 bits per heavy atom. The summed E-state index contributed by atoms with van der Waals surface area (Å²) in [6, 6.07) is 5.57. The molecule has 2 aromatic heterocycles. The van der Waals surface area contributed by atoms with Gasteiger partial charge >= 0.3 is 6.36 Å². The van der Waals surface area contributed by atoms with Crippen LogP contribution in [0.3, 0.4) is 0 Å². The molecule has 0 N–H and O–H groups in total. The lowest BCUT2D eigenvalue weighted by molar-refractivity contribution is -0.274. The van der Waals surface area contributed by atoms with Crippen LogP contribution in [0.4, 0.5) is 18.3 Å². The standard InChI is InChI=1S/C19H22F3N5O2S.ClH/c1-12(2)27-15(7-8-23-27)17(28)26(10-9-25(3)4)18-24-14-6-5-13(11-16(14)30-18)29-19(20,21)22;/h5-8,11-12H,9-10H2,1-4H3;1H. The van der Waals surface area contributed by atoms with Crippen LogP contribution in [0.5, 0.6) is 5.75 Å². The van der Waals surface area contributed by atoms with Gasteiger partial charge in [0.1, 0.15) is 11.4 Å². The maximum atomic E-state index is 13.3. The molecule has 2 heterocycles. The summed E-state index contributed by atoms with van der Waals surface area (Å²) in [6.07, 6.45) is -3.21. The maximum absolute atomic E-state index is 13.3. The number of alkyl halides is 3. The Hall–Kier alpha value is -2.37. The number of halogens is 4. The van der Waals surface area contributed by atoms with Gasteiger partial charge in [0.05, 0.1) is 10.2 Å². The van der Waals surface area contributed by atoms with Crippen LogP contribution in [0, 0.1) is 0 Å². The summed E-state index contributed by atoms with van der Waals surface area (Å²) < 4.78 is 43.7. The van der Waals surface area contributed by atoms with Gasteiger partial charge in [0.15, 0.2) is 5.13 Å². The Kier molecular flexibility index (Phi) is 7.90. The molecule has 31 heavy (non-hydrogen) atoms. The Bertz CT molecular complexity index is 1040. The van der Waals surface area contributed by atoms with E-state index in [1.165, 1.54) is 23.1 Å². The minimum atomic E-state index is -4.77. The van der Waals surface area contributed by atoms with Crippen molar-refractivity contribution >= 4 is 45.0 Å². The van der Waals surface area contributed by atoms with Crippen LogP contribution in [-0.4, -0.2) is 59.1 Å². The third kappa shape index (κ3) is 6.08. The normalized spacial score (nSPS) is 11.8. The molecule has 3 aromatic rings. The minimum absolute atomic E-state index is 0. The van der Waals surface area contributed by atoms with E-state index in [4.69, 9.17) is 0 Å². The Morgan fingerprint density at radius 1 is 1.23 bits per heavy atom. The van der Waals surface area contributed by atoms with Gasteiger partial charge in [-0.3, -0.25) is 14.4 Å². The number of nitrogens with zero attached hydrogens (tertiary/aromatic N) is 5. The van der Waals surface area contributed by atoms with Crippen LogP contribution in [0.25, 0.3) is 10.2 Å². The van der Waals surface area contributed by atoms with Gasteiger partial charge < -0.3 is 9.64 Å². The summed E-state index contributed by atoms with van der Waals surface area (Å²) in [4.78, 5) is 21.3. The first-order valence-corrected chi connectivity index (χ1v) is 10.0. The monoisotopic (exact) mass is 477 g/mol. The highest BCUT2D eigenvalue weighted by Gasteiger charge is 2.31. The SMILES string of the molecule is CC(C)n1nccc1C(=O)N(CCN(C)C)c1nc2ccc(OC(F)(F)F)cc2s1.Cl. The molecular weight excluding hydrogens is 455 g/mol. The number of likely N-dealkylation sites (N-methyl/N-ethyl adjacent to an activating group) is 1. The zero-order valence-corrected chi connectivity index (χ0v) is 19.0. The molecule has 1 aromatic carbocycles. The average molecular weight is 478 g/mol. The highest BCUT2D eigenvalue weighted by atomic mass is 35.5. The summed E-state index contributed by atoms with van der Waals surface area (Å²) in [6.45, 7) is 4.79. The molecule has 12 heteroatoms. The van der Waals surface area contributed by atoms with Gasteiger partial charge in [0.2, 0.25) is 0 Å². The van der Waals surface area contributed by atoms with E-state index in [-0.39, 0.29) is 30.1 Å². The smallest absolute Gasteiger partial charge is 0.406 e. The number of aromatic nitrogens is 3. The predicted octanol–water partition coefficient (Wildman–Crippen LogP) is 4.60. The molecule has 1 amide bonds. The van der Waals surface area contributed by atoms with Gasteiger partial charge in [-0.1, -0.05) is 11.3 Å². The van der Waals surface area contributed by atoms with Gasteiger partial charge in [-0.05, 0) is 46.1 Å². The summed E-state index contributed by atoms with van der Waals surface area (Å²) in [5.74, 6) is -0.594. The number of hydrogen-bond donors (Lipinski definition) is 0. The van der Waals surface area contributed by atoms with E-state index in [0.29, 0.717) is 34.1 Å². The summed E-state index contributed by atoms with van der Waals surface area (Å²) in [7, 11) is 3.78. The molecule has 0 aliphatic heterocycles. The molecule has 0 aliphatic rings. The second-order valence-electron chi connectivity index (χ2n) is 7.19. The topological polar surface area (TPSA) is 63.5 Å². The van der Waals surface area contributed by atoms with E-state index in [9.17, 15) is 18.0 Å². The minimum Gasteiger partial charge on any atom is -0.406 e. The van der Waals surface area contributed by atoms with E-state index in [1.807, 2.05) is 32.8 Å². The lowest BCUT2D eigenvalue weighted by Gasteiger charge is -2.22. The van der Waals surface area contributed by atoms with Crippen molar-refractivity contribution in [1.29, 1.82) is 0 Å². The van der Waals surface area contributed by atoms with Gasteiger partial charge in [0.25, 0.3) is 5.91 Å². The molecule has 0 saturated heterocycles. The molecule has 0 atom stereocenters. The first-order valence-electron chi connectivity index (χ1n) is 9.21. The summed E-state index contributed by atoms with van der Waals surface area (Å²) >= 11 is 1.14. The number of ether oxygens (including phenoxy) is 1. The Morgan fingerprint density at radius 2 is 1.94 bits per heavy atom. The van der Waals surface area contributed by atoms with Gasteiger partial charge in [-0.2, -0.15) is 5.10 Å². The number of carbonyl (C=O) groups is 1. The number of carbonyl (C=O) groups excluding carboxylic acids is 1. The Balaban J connectivity index is 0.00000341. The first-order chi connectivity index (χ1) is 14.0. The highest BCUT2D eigenvalue weighted by molar-refractivity contribution is 7.22. The van der Waals surface area contributed by atoms with Crippen molar-refractivity contribution in [1.82, 2.24) is 19.7 Å². The maximum Gasteiger partial charge on any atom is 0.573 e. The van der Waals surface area contributed by atoms with Crippen molar-refractivity contribution < 1.29 is 22.7 Å². The zero-order valence-electron chi connectivity index (χ0n) is 17.4. The van der Waals surface area contributed by atoms with E-state index >= 15 is 0 Å². The van der Waals surface area contributed by atoms with Crippen molar-refractivity contribution in [2.24, 2.45) is 0 Å². The van der Waals surface area contributed by atoms with Crippen LogP contribution in [0.1, 0.15) is 30.4 Å².